The van der Waals surface area contributed by atoms with Gasteiger partial charge in [-0.3, -0.25) is 4.90 Å². The lowest BCUT2D eigenvalue weighted by Gasteiger charge is -2.32. The van der Waals surface area contributed by atoms with Crippen LogP contribution in [0.25, 0.3) is 0 Å². The standard InChI is InChI=1S/C9H20BN3/c1-9(2)11-3-4-12-5-7-13(10)8-6-12/h9,11H,3-8H2,1-2H3. The molecule has 1 N–H and O–H groups in total. The number of hydrogen-bond donors (Lipinski definition) is 1. The molecule has 0 aromatic rings. The first kappa shape index (κ1) is 11.0. The molecule has 1 heterocycles. The second-order valence-corrected chi connectivity index (χ2v) is 3.99. The lowest BCUT2D eigenvalue weighted by Crippen LogP contribution is -2.47. The Bertz CT molecular complexity index is 133. The maximum Gasteiger partial charge on any atom is 0.182 e. The van der Waals surface area contributed by atoms with Crippen molar-refractivity contribution in [1.29, 1.82) is 0 Å². The topological polar surface area (TPSA) is 18.5 Å². The Morgan fingerprint density at radius 2 is 1.85 bits per heavy atom. The van der Waals surface area contributed by atoms with Gasteiger partial charge in [-0.05, 0) is 13.1 Å². The van der Waals surface area contributed by atoms with Crippen molar-refractivity contribution < 1.29 is 0 Å². The first-order chi connectivity index (χ1) is 6.18. The minimum atomic E-state index is 0.593. The van der Waals surface area contributed by atoms with Gasteiger partial charge in [-0.25, -0.2) is 0 Å². The van der Waals surface area contributed by atoms with E-state index in [1.807, 2.05) is 4.81 Å². The van der Waals surface area contributed by atoms with Gasteiger partial charge in [-0.2, -0.15) is 0 Å². The van der Waals surface area contributed by atoms with E-state index in [9.17, 15) is 0 Å². The normalized spacial score (nSPS) is 21.2. The van der Waals surface area contributed by atoms with E-state index in [0.717, 1.165) is 39.3 Å². The predicted molar refractivity (Wildman–Crippen MR) is 56.9 cm³/mol. The molecule has 0 bridgehead atoms. The summed E-state index contributed by atoms with van der Waals surface area (Å²) < 4.78 is 0. The third-order valence-electron chi connectivity index (χ3n) is 2.39. The maximum absolute atomic E-state index is 5.66. The summed E-state index contributed by atoms with van der Waals surface area (Å²) in [7, 11) is 5.66. The van der Waals surface area contributed by atoms with E-state index in [-0.39, 0.29) is 0 Å². The summed E-state index contributed by atoms with van der Waals surface area (Å²) in [6.07, 6.45) is 0. The van der Waals surface area contributed by atoms with Gasteiger partial charge in [0.25, 0.3) is 0 Å². The Morgan fingerprint density at radius 1 is 1.23 bits per heavy atom. The number of hydrogen-bond acceptors (Lipinski definition) is 3. The molecule has 0 aliphatic carbocycles. The van der Waals surface area contributed by atoms with Crippen LogP contribution in [0.5, 0.6) is 0 Å². The molecule has 1 rings (SSSR count). The predicted octanol–water partition coefficient (Wildman–Crippen LogP) is -0.314. The van der Waals surface area contributed by atoms with Crippen LogP contribution in [0.4, 0.5) is 0 Å². The van der Waals surface area contributed by atoms with Crippen molar-refractivity contribution in [3.63, 3.8) is 0 Å². The summed E-state index contributed by atoms with van der Waals surface area (Å²) in [5, 5.41) is 3.42. The fourth-order valence-electron chi connectivity index (χ4n) is 1.50. The molecule has 1 saturated heterocycles. The SMILES string of the molecule is [B]N1CCN(CCNC(C)C)CC1. The van der Waals surface area contributed by atoms with E-state index < -0.39 is 0 Å². The highest BCUT2D eigenvalue weighted by atomic mass is 15.2. The van der Waals surface area contributed by atoms with Crippen molar-refractivity contribution >= 4 is 7.98 Å². The van der Waals surface area contributed by atoms with Crippen LogP contribution in [0.1, 0.15) is 13.8 Å². The lowest BCUT2D eigenvalue weighted by atomic mass is 10.2. The summed E-state index contributed by atoms with van der Waals surface area (Å²) in [6.45, 7) is 10.8. The molecule has 4 heteroatoms. The van der Waals surface area contributed by atoms with Gasteiger partial charge in [-0.15, -0.1) is 0 Å². The van der Waals surface area contributed by atoms with E-state index >= 15 is 0 Å². The zero-order valence-corrected chi connectivity index (χ0v) is 8.79. The van der Waals surface area contributed by atoms with Crippen molar-refractivity contribution in [2.24, 2.45) is 0 Å². The molecule has 0 aromatic heterocycles. The van der Waals surface area contributed by atoms with Gasteiger partial charge in [0.1, 0.15) is 0 Å². The highest BCUT2D eigenvalue weighted by molar-refractivity contribution is 6.04. The van der Waals surface area contributed by atoms with Gasteiger partial charge in [-0.1, -0.05) is 13.8 Å². The first-order valence-electron chi connectivity index (χ1n) is 5.14. The van der Waals surface area contributed by atoms with Crippen LogP contribution >= 0.6 is 0 Å². The van der Waals surface area contributed by atoms with Gasteiger partial charge in [0, 0.05) is 32.2 Å². The largest absolute Gasteiger partial charge is 0.351 e. The summed E-state index contributed by atoms with van der Waals surface area (Å²) in [5.41, 5.74) is 0. The molecule has 0 amide bonds. The van der Waals surface area contributed by atoms with Crippen LogP contribution < -0.4 is 5.32 Å². The Morgan fingerprint density at radius 3 is 2.38 bits per heavy atom. The third-order valence-corrected chi connectivity index (χ3v) is 2.39. The van der Waals surface area contributed by atoms with Gasteiger partial charge < -0.3 is 10.1 Å². The molecule has 1 fully saturated rings. The van der Waals surface area contributed by atoms with Gasteiger partial charge in [0.05, 0.1) is 0 Å². The fourth-order valence-corrected chi connectivity index (χ4v) is 1.50. The van der Waals surface area contributed by atoms with Crippen LogP contribution in [-0.4, -0.2) is 63.0 Å². The lowest BCUT2D eigenvalue weighted by molar-refractivity contribution is 0.191. The summed E-state index contributed by atoms with van der Waals surface area (Å²) in [6, 6.07) is 0.593. The second kappa shape index (κ2) is 5.63. The smallest absolute Gasteiger partial charge is 0.182 e. The monoisotopic (exact) mass is 181 g/mol. The first-order valence-corrected chi connectivity index (χ1v) is 5.14. The summed E-state index contributed by atoms with van der Waals surface area (Å²) in [4.78, 5) is 4.35. The van der Waals surface area contributed by atoms with Crippen LogP contribution in [0, 0.1) is 0 Å². The molecule has 1 aliphatic rings. The highest BCUT2D eigenvalue weighted by Gasteiger charge is 2.12. The molecular formula is C9H20BN3. The minimum absolute atomic E-state index is 0.593. The number of nitrogens with one attached hydrogen (secondary N) is 1. The van der Waals surface area contributed by atoms with E-state index in [0.29, 0.717) is 6.04 Å². The molecule has 74 valence electrons. The quantitative estimate of drug-likeness (QED) is 0.600. The average Bonchev–Trinajstić information content (AvgIpc) is 2.08. The molecular weight excluding hydrogens is 161 g/mol. The number of rotatable bonds is 4. The van der Waals surface area contributed by atoms with Crippen molar-refractivity contribution in [3.8, 4) is 0 Å². The van der Waals surface area contributed by atoms with Gasteiger partial charge >= 0.3 is 0 Å². The number of nitrogens with zero attached hydrogens (tertiary/aromatic N) is 2. The van der Waals surface area contributed by atoms with Crippen molar-refractivity contribution in [2.45, 2.75) is 19.9 Å². The molecule has 0 aromatic carbocycles. The van der Waals surface area contributed by atoms with Crippen molar-refractivity contribution in [2.75, 3.05) is 39.3 Å². The zero-order valence-electron chi connectivity index (χ0n) is 8.79. The molecule has 3 nitrogen and oxygen atoms in total. The van der Waals surface area contributed by atoms with E-state index in [2.05, 4.69) is 24.1 Å². The Hall–Kier alpha value is -0.0551. The Kier molecular flexibility index (Phi) is 4.77. The van der Waals surface area contributed by atoms with E-state index in [1.165, 1.54) is 0 Å². The Labute approximate surface area is 82.9 Å². The number of piperazine rings is 1. The molecule has 2 radical (unpaired) electrons. The summed E-state index contributed by atoms with van der Waals surface area (Å²) >= 11 is 0. The average molecular weight is 181 g/mol. The Balaban J connectivity index is 2.02. The van der Waals surface area contributed by atoms with Crippen LogP contribution in [0.15, 0.2) is 0 Å². The van der Waals surface area contributed by atoms with E-state index in [4.69, 9.17) is 7.98 Å². The molecule has 0 atom stereocenters. The van der Waals surface area contributed by atoms with Crippen LogP contribution in [0.3, 0.4) is 0 Å². The van der Waals surface area contributed by atoms with Crippen LogP contribution in [-0.2, 0) is 0 Å². The minimum Gasteiger partial charge on any atom is -0.351 e. The van der Waals surface area contributed by atoms with Gasteiger partial charge in [0.15, 0.2) is 7.98 Å². The molecule has 0 saturated carbocycles. The van der Waals surface area contributed by atoms with Crippen molar-refractivity contribution in [1.82, 2.24) is 15.0 Å². The van der Waals surface area contributed by atoms with Crippen LogP contribution in [0.2, 0.25) is 0 Å². The second-order valence-electron chi connectivity index (χ2n) is 3.99. The molecule has 0 spiro atoms. The molecule has 0 unspecified atom stereocenters. The van der Waals surface area contributed by atoms with Crippen molar-refractivity contribution in [3.05, 3.63) is 0 Å². The van der Waals surface area contributed by atoms with Gasteiger partial charge in [0.2, 0.25) is 0 Å². The molecule has 13 heavy (non-hydrogen) atoms. The molecule has 1 aliphatic heterocycles. The van der Waals surface area contributed by atoms with E-state index in [1.54, 1.807) is 0 Å². The fraction of sp³-hybridized carbons (Fsp3) is 1.00. The zero-order chi connectivity index (χ0) is 9.68. The third kappa shape index (κ3) is 4.65. The highest BCUT2D eigenvalue weighted by Crippen LogP contribution is 1.96. The maximum atomic E-state index is 5.66. The summed E-state index contributed by atoms with van der Waals surface area (Å²) in [5.74, 6) is 0.